The van der Waals surface area contributed by atoms with E-state index in [0.29, 0.717) is 28.7 Å². The van der Waals surface area contributed by atoms with Gasteiger partial charge in [-0.25, -0.2) is 17.6 Å². The normalized spacial score (nSPS) is 22.5. The Morgan fingerprint density at radius 3 is 1.75 bits per heavy atom. The number of hydrogen-bond acceptors (Lipinski definition) is 0. The van der Waals surface area contributed by atoms with Gasteiger partial charge >= 0.3 is 0 Å². The summed E-state index contributed by atoms with van der Waals surface area (Å²) in [4.78, 5) is 0. The van der Waals surface area contributed by atoms with E-state index in [2.05, 4.69) is 6.92 Å². The van der Waals surface area contributed by atoms with Crippen molar-refractivity contribution in [3.63, 3.8) is 0 Å². The summed E-state index contributed by atoms with van der Waals surface area (Å²) in [5.41, 5.74) is 2.13. The zero-order chi connectivity index (χ0) is 31.1. The monoisotopic (exact) mass is 604 g/mol. The number of allylic oxidation sites excluding steroid dienone is 2. The van der Waals surface area contributed by atoms with E-state index in [0.717, 1.165) is 49.9 Å². The van der Waals surface area contributed by atoms with Gasteiger partial charge < -0.3 is 0 Å². The summed E-state index contributed by atoms with van der Waals surface area (Å²) >= 11 is 0. The smallest absolute Gasteiger partial charge is 0.166 e. The van der Waals surface area contributed by atoms with Crippen LogP contribution in [-0.2, 0) is 6.42 Å². The summed E-state index contributed by atoms with van der Waals surface area (Å²) in [5.74, 6) is -0.835. The summed E-state index contributed by atoms with van der Waals surface area (Å²) in [6, 6.07) is 13.2. The molecule has 0 atom stereocenters. The van der Waals surface area contributed by atoms with Crippen LogP contribution in [0.2, 0.25) is 0 Å². The number of halogens is 4. The average molecular weight is 605 g/mol. The molecule has 0 radical (unpaired) electrons. The van der Waals surface area contributed by atoms with Gasteiger partial charge in [0.25, 0.3) is 0 Å². The van der Waals surface area contributed by atoms with Crippen LogP contribution in [0.4, 0.5) is 17.6 Å². The van der Waals surface area contributed by atoms with Crippen molar-refractivity contribution in [2.24, 2.45) is 17.8 Å². The van der Waals surface area contributed by atoms with Gasteiger partial charge in [-0.3, -0.25) is 0 Å². The lowest BCUT2D eigenvalue weighted by Crippen LogP contribution is -2.25. The maximum atomic E-state index is 15.5. The Labute approximate surface area is 262 Å². The summed E-state index contributed by atoms with van der Waals surface area (Å²) < 4.78 is 60.5. The first-order valence-electron chi connectivity index (χ1n) is 17.1. The molecule has 2 aliphatic rings. The van der Waals surface area contributed by atoms with E-state index in [1.165, 1.54) is 51.4 Å². The lowest BCUT2D eigenvalue weighted by Gasteiger charge is -2.38. The number of hydrogen-bond donors (Lipinski definition) is 0. The lowest BCUT2D eigenvalue weighted by molar-refractivity contribution is 0.155. The number of benzene rings is 3. The summed E-state index contributed by atoms with van der Waals surface area (Å²) in [6.07, 6.45) is 19.8. The van der Waals surface area contributed by atoms with Crippen LogP contribution in [0.25, 0.3) is 22.3 Å². The van der Waals surface area contributed by atoms with Crippen LogP contribution in [0.15, 0.2) is 60.7 Å². The first-order chi connectivity index (χ1) is 21.4. The molecule has 2 saturated carbocycles. The van der Waals surface area contributed by atoms with Crippen molar-refractivity contribution in [1.29, 1.82) is 0 Å². The molecule has 0 aliphatic heterocycles. The largest absolute Gasteiger partial charge is 0.203 e. The Morgan fingerprint density at radius 1 is 0.591 bits per heavy atom. The second-order valence-corrected chi connectivity index (χ2v) is 13.3. The molecule has 0 unspecified atom stereocenters. The zero-order valence-corrected chi connectivity index (χ0v) is 26.5. The lowest BCUT2D eigenvalue weighted by atomic mass is 9.68. The van der Waals surface area contributed by atoms with Gasteiger partial charge in [0.15, 0.2) is 23.3 Å². The molecule has 3 aromatic rings. The standard InChI is InChI=1S/C40H48F4/c1-3-5-7-9-27-11-13-28(14-12-27)29-15-17-30(18-16-29)35-25-26-36(40(44)39(35)43)32-21-19-31(20-22-32)34-24-23-33(10-8-6-4-2)37(41)38(34)42/h6,8,19-30H,3-5,7,9-18H2,1-2H3. The Hall–Kier alpha value is -2.88. The molecule has 0 spiro atoms. The van der Waals surface area contributed by atoms with Gasteiger partial charge in [-0.05, 0) is 97.3 Å². The van der Waals surface area contributed by atoms with Gasteiger partial charge in [-0.1, -0.05) is 113 Å². The third kappa shape index (κ3) is 7.49. The van der Waals surface area contributed by atoms with Gasteiger partial charge in [-0.15, -0.1) is 0 Å². The van der Waals surface area contributed by atoms with Crippen LogP contribution in [0.3, 0.4) is 0 Å². The maximum Gasteiger partial charge on any atom is 0.166 e. The van der Waals surface area contributed by atoms with Crippen molar-refractivity contribution in [3.05, 3.63) is 95.1 Å². The third-order valence-electron chi connectivity index (χ3n) is 10.5. The van der Waals surface area contributed by atoms with Gasteiger partial charge in [0.2, 0.25) is 0 Å². The minimum Gasteiger partial charge on any atom is -0.203 e. The summed E-state index contributed by atoms with van der Waals surface area (Å²) in [5, 5.41) is 0. The Morgan fingerprint density at radius 2 is 1.16 bits per heavy atom. The molecule has 0 aromatic heterocycles. The fourth-order valence-corrected chi connectivity index (χ4v) is 7.81. The predicted molar refractivity (Wildman–Crippen MR) is 175 cm³/mol. The van der Waals surface area contributed by atoms with Gasteiger partial charge in [0.1, 0.15) is 0 Å². The Bertz CT molecular complexity index is 1390. The van der Waals surface area contributed by atoms with Crippen LogP contribution in [0.1, 0.15) is 114 Å². The third-order valence-corrected chi connectivity index (χ3v) is 10.5. The minimum absolute atomic E-state index is 0.0564. The minimum atomic E-state index is -0.897. The molecule has 5 rings (SSSR count). The van der Waals surface area contributed by atoms with E-state index in [9.17, 15) is 8.78 Å². The van der Waals surface area contributed by atoms with Gasteiger partial charge in [0, 0.05) is 11.1 Å². The molecule has 2 aliphatic carbocycles. The molecule has 2 fully saturated rings. The van der Waals surface area contributed by atoms with Gasteiger partial charge in [-0.2, -0.15) is 0 Å². The number of unbranched alkanes of at least 4 members (excludes halogenated alkanes) is 2. The van der Waals surface area contributed by atoms with Crippen LogP contribution >= 0.6 is 0 Å². The SMILES string of the molecule is CCC=CCc1ccc(-c2ccc(-c3ccc(C4CCC(C5CCC(CCCCC)CC5)CC4)c(F)c3F)cc2)c(F)c1F. The van der Waals surface area contributed by atoms with Crippen molar-refractivity contribution in [2.75, 3.05) is 0 Å². The molecule has 0 nitrogen and oxygen atoms in total. The molecule has 44 heavy (non-hydrogen) atoms. The van der Waals surface area contributed by atoms with E-state index >= 15 is 8.78 Å². The highest BCUT2D eigenvalue weighted by atomic mass is 19.2. The Balaban J connectivity index is 1.21. The fraction of sp³-hybridized carbons (Fsp3) is 0.500. The zero-order valence-electron chi connectivity index (χ0n) is 26.5. The average Bonchev–Trinajstić information content (AvgIpc) is 3.05. The quantitative estimate of drug-likeness (QED) is 0.116. The van der Waals surface area contributed by atoms with E-state index < -0.39 is 23.3 Å². The van der Waals surface area contributed by atoms with Gasteiger partial charge in [0.05, 0.1) is 0 Å². The topological polar surface area (TPSA) is 0 Å². The molecule has 236 valence electrons. The predicted octanol–water partition coefficient (Wildman–Crippen LogP) is 12.7. The first-order valence-corrected chi connectivity index (χ1v) is 17.1. The van der Waals surface area contributed by atoms with Crippen molar-refractivity contribution in [3.8, 4) is 22.3 Å². The van der Waals surface area contributed by atoms with Crippen molar-refractivity contribution in [1.82, 2.24) is 0 Å². The Kier molecular flexibility index (Phi) is 11.4. The highest BCUT2D eigenvalue weighted by Crippen LogP contribution is 2.45. The molecular formula is C40H48F4. The molecular weight excluding hydrogens is 556 g/mol. The van der Waals surface area contributed by atoms with Crippen molar-refractivity contribution >= 4 is 0 Å². The second kappa shape index (κ2) is 15.4. The van der Waals surface area contributed by atoms with E-state index in [4.69, 9.17) is 0 Å². The molecule has 0 saturated heterocycles. The first kappa shape index (κ1) is 32.5. The van der Waals surface area contributed by atoms with E-state index in [1.54, 1.807) is 48.5 Å². The highest BCUT2D eigenvalue weighted by molar-refractivity contribution is 5.71. The summed E-state index contributed by atoms with van der Waals surface area (Å²) in [7, 11) is 0. The van der Waals surface area contributed by atoms with Crippen molar-refractivity contribution in [2.45, 2.75) is 110 Å². The molecule has 0 bridgehead atoms. The molecule has 0 N–H and O–H groups in total. The fourth-order valence-electron chi connectivity index (χ4n) is 7.81. The molecule has 0 amide bonds. The van der Waals surface area contributed by atoms with Crippen LogP contribution in [-0.4, -0.2) is 0 Å². The molecule has 0 heterocycles. The van der Waals surface area contributed by atoms with Crippen LogP contribution in [0.5, 0.6) is 0 Å². The highest BCUT2D eigenvalue weighted by Gasteiger charge is 2.32. The maximum absolute atomic E-state index is 15.5. The molecule has 4 heteroatoms. The van der Waals surface area contributed by atoms with Crippen molar-refractivity contribution < 1.29 is 17.6 Å². The van der Waals surface area contributed by atoms with Crippen LogP contribution in [0, 0.1) is 41.0 Å². The molecule has 3 aromatic carbocycles. The summed E-state index contributed by atoms with van der Waals surface area (Å²) in [6.45, 7) is 4.25. The second-order valence-electron chi connectivity index (χ2n) is 13.3. The van der Waals surface area contributed by atoms with E-state index in [1.807, 2.05) is 19.1 Å². The number of rotatable bonds is 11. The van der Waals surface area contributed by atoms with Crippen LogP contribution < -0.4 is 0 Å². The van der Waals surface area contributed by atoms with E-state index in [-0.39, 0.29) is 17.0 Å².